The molecular formula is C10H11F2NO2. The molecule has 3 nitrogen and oxygen atoms in total. The van der Waals surface area contributed by atoms with Gasteiger partial charge in [0.1, 0.15) is 18.1 Å². The number of fused-ring (bicyclic) bond motifs is 1. The van der Waals surface area contributed by atoms with Crippen LogP contribution in [-0.2, 0) is 0 Å². The Kier molecular flexibility index (Phi) is 1.88. The summed E-state index contributed by atoms with van der Waals surface area (Å²) in [6.07, 6.45) is 0. The van der Waals surface area contributed by atoms with Crippen molar-refractivity contribution >= 4 is 0 Å². The van der Waals surface area contributed by atoms with E-state index in [0.29, 0.717) is 11.3 Å². The van der Waals surface area contributed by atoms with Gasteiger partial charge in [0.15, 0.2) is 0 Å². The number of hydrogen-bond donors (Lipinski definition) is 1. The Balaban J connectivity index is 2.15. The Morgan fingerprint density at radius 1 is 1.67 bits per heavy atom. The van der Waals surface area contributed by atoms with Gasteiger partial charge in [0, 0.05) is 15.7 Å². The van der Waals surface area contributed by atoms with E-state index in [1.54, 1.807) is 0 Å². The van der Waals surface area contributed by atoms with Gasteiger partial charge in [-0.2, -0.15) is 8.78 Å². The summed E-state index contributed by atoms with van der Waals surface area (Å²) in [5.74, 6) is 0.341. The second-order valence-electron chi connectivity index (χ2n) is 3.09. The number of benzene rings is 1. The van der Waals surface area contributed by atoms with Crippen molar-refractivity contribution in [1.29, 1.82) is 0 Å². The SMILES string of the molecule is [2H]C([2H])([2H])NC1COc2cc(OC(F)F)ccc21. The van der Waals surface area contributed by atoms with Gasteiger partial charge in [-0.3, -0.25) is 0 Å². The average Bonchev–Trinajstić information content (AvgIpc) is 2.57. The summed E-state index contributed by atoms with van der Waals surface area (Å²) in [7, 11) is 0. The number of likely N-dealkylation sites (N-methyl/N-ethyl adjacent to an activating group) is 1. The fraction of sp³-hybridized carbons (Fsp3) is 0.400. The number of rotatable bonds is 3. The van der Waals surface area contributed by atoms with Crippen LogP contribution in [-0.4, -0.2) is 20.2 Å². The summed E-state index contributed by atoms with van der Waals surface area (Å²) in [5.41, 5.74) is 0.618. The Hall–Kier alpha value is -1.36. The monoisotopic (exact) mass is 218 g/mol. The molecule has 5 heteroatoms. The van der Waals surface area contributed by atoms with Crippen LogP contribution in [0.1, 0.15) is 15.7 Å². The highest BCUT2D eigenvalue weighted by Crippen LogP contribution is 2.35. The molecule has 2 rings (SSSR count). The maximum absolute atomic E-state index is 12.0. The normalized spacial score (nSPS) is 22.6. The number of halogens is 2. The lowest BCUT2D eigenvalue weighted by atomic mass is 10.1. The van der Waals surface area contributed by atoms with Crippen LogP contribution in [0.15, 0.2) is 18.2 Å². The van der Waals surface area contributed by atoms with Crippen molar-refractivity contribution in [2.45, 2.75) is 12.7 Å². The number of hydrogen-bond acceptors (Lipinski definition) is 3. The van der Waals surface area contributed by atoms with E-state index in [4.69, 9.17) is 8.85 Å². The molecule has 1 aliphatic heterocycles. The third-order valence-corrected chi connectivity index (χ3v) is 2.17. The molecule has 1 aliphatic rings. The number of nitrogens with one attached hydrogen (secondary N) is 1. The minimum absolute atomic E-state index is 0.0155. The molecule has 0 aromatic heterocycles. The van der Waals surface area contributed by atoms with E-state index in [1.165, 1.54) is 18.2 Å². The van der Waals surface area contributed by atoms with Crippen molar-refractivity contribution < 1.29 is 22.4 Å². The Bertz CT molecular complexity index is 440. The number of alkyl halides is 2. The fourth-order valence-corrected chi connectivity index (χ4v) is 1.49. The quantitative estimate of drug-likeness (QED) is 0.841. The van der Waals surface area contributed by atoms with E-state index in [9.17, 15) is 8.78 Å². The van der Waals surface area contributed by atoms with Crippen LogP contribution in [0.25, 0.3) is 0 Å². The first-order valence-corrected chi connectivity index (χ1v) is 4.34. The smallest absolute Gasteiger partial charge is 0.387 e. The van der Waals surface area contributed by atoms with Gasteiger partial charge in [-0.25, -0.2) is 0 Å². The van der Waals surface area contributed by atoms with Gasteiger partial charge in [-0.15, -0.1) is 0 Å². The molecule has 0 radical (unpaired) electrons. The first kappa shape index (κ1) is 7.00. The fourth-order valence-electron chi connectivity index (χ4n) is 1.49. The van der Waals surface area contributed by atoms with Gasteiger partial charge in [0.2, 0.25) is 0 Å². The van der Waals surface area contributed by atoms with Crippen LogP contribution >= 0.6 is 0 Å². The largest absolute Gasteiger partial charge is 0.491 e. The summed E-state index contributed by atoms with van der Waals surface area (Å²) in [5, 5.41) is 2.42. The Morgan fingerprint density at radius 3 is 3.27 bits per heavy atom. The second-order valence-corrected chi connectivity index (χ2v) is 3.09. The lowest BCUT2D eigenvalue weighted by molar-refractivity contribution is -0.0499. The molecule has 15 heavy (non-hydrogen) atoms. The molecule has 0 fully saturated rings. The predicted octanol–water partition coefficient (Wildman–Crippen LogP) is 1.94. The van der Waals surface area contributed by atoms with E-state index in [1.807, 2.05) is 0 Å². The maximum Gasteiger partial charge on any atom is 0.387 e. The van der Waals surface area contributed by atoms with E-state index in [-0.39, 0.29) is 12.4 Å². The van der Waals surface area contributed by atoms with E-state index < -0.39 is 19.6 Å². The standard InChI is InChI=1S/C10H11F2NO2/c1-13-8-5-14-9-4-6(15-10(11)12)2-3-7(8)9/h2-4,8,10,13H,5H2,1H3/i1D3. The first-order valence-electron chi connectivity index (χ1n) is 5.84. The van der Waals surface area contributed by atoms with Crippen LogP contribution in [0, 0.1) is 0 Å². The summed E-state index contributed by atoms with van der Waals surface area (Å²) in [6, 6.07) is 3.72. The molecule has 1 heterocycles. The molecule has 1 unspecified atom stereocenters. The van der Waals surface area contributed by atoms with Crippen molar-refractivity contribution in [3.8, 4) is 11.5 Å². The molecule has 1 N–H and O–H groups in total. The minimum Gasteiger partial charge on any atom is -0.491 e. The van der Waals surface area contributed by atoms with Gasteiger partial charge < -0.3 is 14.8 Å². The molecule has 1 aromatic rings. The molecule has 0 saturated carbocycles. The van der Waals surface area contributed by atoms with Gasteiger partial charge in [-0.1, -0.05) is 0 Å². The van der Waals surface area contributed by atoms with Crippen LogP contribution < -0.4 is 14.8 Å². The Morgan fingerprint density at radius 2 is 2.53 bits per heavy atom. The van der Waals surface area contributed by atoms with Crippen molar-refractivity contribution in [1.82, 2.24) is 5.32 Å². The van der Waals surface area contributed by atoms with Gasteiger partial charge in [0.05, 0.1) is 6.04 Å². The Labute approximate surface area is 90.2 Å². The van der Waals surface area contributed by atoms with Crippen LogP contribution in [0.2, 0.25) is 0 Å². The molecule has 0 saturated heterocycles. The van der Waals surface area contributed by atoms with Crippen molar-refractivity contribution in [2.75, 3.05) is 13.6 Å². The third-order valence-electron chi connectivity index (χ3n) is 2.17. The van der Waals surface area contributed by atoms with Crippen LogP contribution in [0.4, 0.5) is 8.78 Å². The first-order chi connectivity index (χ1) is 8.35. The van der Waals surface area contributed by atoms with E-state index in [2.05, 4.69) is 10.1 Å². The highest BCUT2D eigenvalue weighted by molar-refractivity contribution is 5.44. The van der Waals surface area contributed by atoms with Crippen molar-refractivity contribution in [3.05, 3.63) is 23.8 Å². The summed E-state index contributed by atoms with van der Waals surface area (Å²) < 4.78 is 54.9. The lowest BCUT2D eigenvalue weighted by Gasteiger charge is -2.07. The highest BCUT2D eigenvalue weighted by atomic mass is 19.3. The zero-order valence-electron chi connectivity index (χ0n) is 10.7. The minimum atomic E-state index is -2.90. The molecule has 0 aliphatic carbocycles. The summed E-state index contributed by atoms with van der Waals surface area (Å²) in [6.45, 7) is -5.04. The third kappa shape index (κ3) is 2.02. The summed E-state index contributed by atoms with van der Waals surface area (Å²) >= 11 is 0. The molecular weight excluding hydrogens is 204 g/mol. The van der Waals surface area contributed by atoms with Gasteiger partial charge in [-0.05, 0) is 19.1 Å². The molecule has 0 amide bonds. The van der Waals surface area contributed by atoms with Crippen LogP contribution in [0.3, 0.4) is 0 Å². The lowest BCUT2D eigenvalue weighted by Crippen LogP contribution is -2.17. The topological polar surface area (TPSA) is 30.5 Å². The van der Waals surface area contributed by atoms with Crippen molar-refractivity contribution in [2.24, 2.45) is 0 Å². The van der Waals surface area contributed by atoms with Crippen molar-refractivity contribution in [3.63, 3.8) is 0 Å². The summed E-state index contributed by atoms with van der Waals surface area (Å²) in [4.78, 5) is 0. The second kappa shape index (κ2) is 4.02. The van der Waals surface area contributed by atoms with Crippen LogP contribution in [0.5, 0.6) is 11.5 Å². The zero-order chi connectivity index (χ0) is 13.3. The molecule has 0 bridgehead atoms. The molecule has 1 atom stereocenters. The number of ether oxygens (including phenoxy) is 2. The predicted molar refractivity (Wildman–Crippen MR) is 50.4 cm³/mol. The average molecular weight is 218 g/mol. The maximum atomic E-state index is 12.0. The zero-order valence-corrected chi connectivity index (χ0v) is 7.67. The molecule has 0 spiro atoms. The van der Waals surface area contributed by atoms with Gasteiger partial charge >= 0.3 is 6.61 Å². The molecule has 1 aromatic carbocycles. The highest BCUT2D eigenvalue weighted by Gasteiger charge is 2.23. The van der Waals surface area contributed by atoms with Gasteiger partial charge in [0.25, 0.3) is 0 Å². The molecule has 82 valence electrons. The van der Waals surface area contributed by atoms with E-state index in [0.717, 1.165) is 0 Å². The van der Waals surface area contributed by atoms with E-state index >= 15 is 0 Å².